The normalized spacial score (nSPS) is 10.9. The van der Waals surface area contributed by atoms with Crippen LogP contribution < -0.4 is 4.74 Å². The number of benzene rings is 2. The molecule has 0 aliphatic heterocycles. The summed E-state index contributed by atoms with van der Waals surface area (Å²) < 4.78 is 11.1. The fourth-order valence-corrected chi connectivity index (χ4v) is 2.73. The quantitative estimate of drug-likeness (QED) is 0.782. The molecule has 0 unspecified atom stereocenters. The molecule has 0 aliphatic rings. The second kappa shape index (κ2) is 5.80. The summed E-state index contributed by atoms with van der Waals surface area (Å²) in [6.45, 7) is 3.48. The molecule has 118 valence electrons. The molecule has 0 fully saturated rings. The first-order valence-electron chi connectivity index (χ1n) is 7.38. The van der Waals surface area contributed by atoms with E-state index in [4.69, 9.17) is 9.15 Å². The minimum absolute atomic E-state index is 0.0103. The van der Waals surface area contributed by atoms with Crippen LogP contribution in [-0.2, 0) is 11.2 Å². The first-order chi connectivity index (χ1) is 11.0. The van der Waals surface area contributed by atoms with Crippen molar-refractivity contribution in [2.45, 2.75) is 20.3 Å². The lowest BCUT2D eigenvalue weighted by molar-refractivity contribution is -0.116. The fraction of sp³-hybridized carbons (Fsp3) is 0.211. The third-order valence-corrected chi connectivity index (χ3v) is 3.93. The minimum atomic E-state index is 0.0103. The number of ether oxygens (including phenoxy) is 1. The summed E-state index contributed by atoms with van der Waals surface area (Å²) in [4.78, 5) is 11.3. The summed E-state index contributed by atoms with van der Waals surface area (Å²) in [6.07, 6.45) is 0.213. The molecule has 4 heteroatoms. The summed E-state index contributed by atoms with van der Waals surface area (Å²) in [7, 11) is 1.63. The smallest absolute Gasteiger partial charge is 0.138 e. The molecule has 0 atom stereocenters. The van der Waals surface area contributed by atoms with Crippen molar-refractivity contribution in [1.82, 2.24) is 0 Å². The highest BCUT2D eigenvalue weighted by Crippen LogP contribution is 2.36. The molecule has 3 aromatic rings. The molecule has 0 aliphatic carbocycles. The Kier molecular flexibility index (Phi) is 3.82. The molecule has 0 amide bonds. The van der Waals surface area contributed by atoms with E-state index in [0.29, 0.717) is 11.1 Å². The van der Waals surface area contributed by atoms with Crippen LogP contribution in [0.25, 0.3) is 22.3 Å². The molecule has 1 aromatic heterocycles. The standard InChI is InChI=1S/C19H18O4/c1-11(20)8-14-9-16-12(2)19(23-18(16)10-17(14)21)13-4-6-15(22-3)7-5-13/h4-7,9-10,21H,8H2,1-3H3. The van der Waals surface area contributed by atoms with Crippen LogP contribution in [0.15, 0.2) is 40.8 Å². The summed E-state index contributed by atoms with van der Waals surface area (Å²) in [5, 5.41) is 11.0. The molecule has 2 aromatic carbocycles. The van der Waals surface area contributed by atoms with Gasteiger partial charge in [-0.15, -0.1) is 0 Å². The first-order valence-corrected chi connectivity index (χ1v) is 7.38. The van der Waals surface area contributed by atoms with Crippen molar-refractivity contribution in [1.29, 1.82) is 0 Å². The van der Waals surface area contributed by atoms with Crippen LogP contribution >= 0.6 is 0 Å². The number of carbonyl (C=O) groups excluding carboxylic acids is 1. The van der Waals surface area contributed by atoms with E-state index in [-0.39, 0.29) is 18.0 Å². The minimum Gasteiger partial charge on any atom is -0.508 e. The number of furan rings is 1. The summed E-state index contributed by atoms with van der Waals surface area (Å²) >= 11 is 0. The average molecular weight is 310 g/mol. The molecule has 0 bridgehead atoms. The predicted octanol–water partition coefficient (Wildman–Crippen LogP) is 4.25. The van der Waals surface area contributed by atoms with Gasteiger partial charge in [0.2, 0.25) is 0 Å². The van der Waals surface area contributed by atoms with Crippen LogP contribution in [0.4, 0.5) is 0 Å². The van der Waals surface area contributed by atoms with Crippen molar-refractivity contribution < 1.29 is 19.1 Å². The lowest BCUT2D eigenvalue weighted by atomic mass is 10.0. The van der Waals surface area contributed by atoms with Gasteiger partial charge in [-0.3, -0.25) is 4.79 Å². The van der Waals surface area contributed by atoms with Crippen molar-refractivity contribution in [2.75, 3.05) is 7.11 Å². The molecule has 1 N–H and O–H groups in total. The van der Waals surface area contributed by atoms with Gasteiger partial charge >= 0.3 is 0 Å². The third-order valence-electron chi connectivity index (χ3n) is 3.93. The number of Topliss-reactive ketones (excluding diaryl/α,β-unsaturated/α-hetero) is 1. The van der Waals surface area contributed by atoms with Crippen molar-refractivity contribution >= 4 is 16.8 Å². The third kappa shape index (κ3) is 2.80. The van der Waals surface area contributed by atoms with Gasteiger partial charge in [-0.25, -0.2) is 0 Å². The average Bonchev–Trinajstić information content (AvgIpc) is 2.84. The van der Waals surface area contributed by atoms with Gasteiger partial charge in [0, 0.05) is 34.6 Å². The van der Waals surface area contributed by atoms with E-state index in [1.165, 1.54) is 6.92 Å². The van der Waals surface area contributed by atoms with Crippen molar-refractivity contribution in [3.63, 3.8) is 0 Å². The number of aryl methyl sites for hydroxylation is 1. The van der Waals surface area contributed by atoms with E-state index in [1.807, 2.05) is 37.3 Å². The van der Waals surface area contributed by atoms with Gasteiger partial charge in [0.1, 0.15) is 28.6 Å². The Hall–Kier alpha value is -2.75. The predicted molar refractivity (Wildman–Crippen MR) is 89.0 cm³/mol. The van der Waals surface area contributed by atoms with Crippen molar-refractivity contribution in [2.24, 2.45) is 0 Å². The van der Waals surface area contributed by atoms with Crippen LogP contribution in [0.5, 0.6) is 11.5 Å². The number of hydrogen-bond acceptors (Lipinski definition) is 4. The van der Waals surface area contributed by atoms with Gasteiger partial charge in [-0.05, 0) is 44.2 Å². The van der Waals surface area contributed by atoms with Gasteiger partial charge in [0.25, 0.3) is 0 Å². The van der Waals surface area contributed by atoms with Crippen LogP contribution in [0, 0.1) is 6.92 Å². The summed E-state index contributed by atoms with van der Waals surface area (Å²) in [6, 6.07) is 11.0. The van der Waals surface area contributed by atoms with Crippen molar-refractivity contribution in [3.05, 3.63) is 47.5 Å². The van der Waals surface area contributed by atoms with Gasteiger partial charge in [0.15, 0.2) is 0 Å². The Balaban J connectivity index is 2.12. The number of rotatable bonds is 4. The lowest BCUT2D eigenvalue weighted by Crippen LogP contribution is -1.96. The van der Waals surface area contributed by atoms with E-state index in [2.05, 4.69) is 0 Å². The molecular formula is C19H18O4. The van der Waals surface area contributed by atoms with E-state index < -0.39 is 0 Å². The number of hydrogen-bond donors (Lipinski definition) is 1. The Morgan fingerprint density at radius 3 is 2.52 bits per heavy atom. The second-order valence-corrected chi connectivity index (χ2v) is 5.64. The highest BCUT2D eigenvalue weighted by Gasteiger charge is 2.16. The topological polar surface area (TPSA) is 59.7 Å². The monoisotopic (exact) mass is 310 g/mol. The van der Waals surface area contributed by atoms with Crippen LogP contribution in [0.2, 0.25) is 0 Å². The Bertz CT molecular complexity index is 873. The molecular weight excluding hydrogens is 292 g/mol. The zero-order chi connectivity index (χ0) is 16.6. The molecule has 23 heavy (non-hydrogen) atoms. The maximum absolute atomic E-state index is 11.3. The molecule has 4 nitrogen and oxygen atoms in total. The number of phenols is 1. The maximum Gasteiger partial charge on any atom is 0.138 e. The van der Waals surface area contributed by atoms with Gasteiger partial charge in [0.05, 0.1) is 7.11 Å². The first kappa shape index (κ1) is 15.2. The van der Waals surface area contributed by atoms with Gasteiger partial charge in [-0.2, -0.15) is 0 Å². The highest BCUT2D eigenvalue weighted by molar-refractivity contribution is 5.90. The number of fused-ring (bicyclic) bond motifs is 1. The number of ketones is 1. The van der Waals surface area contributed by atoms with E-state index >= 15 is 0 Å². The SMILES string of the molecule is COc1ccc(-c2oc3cc(O)c(CC(C)=O)cc3c2C)cc1. The van der Waals surface area contributed by atoms with Gasteiger partial charge < -0.3 is 14.3 Å². The lowest BCUT2D eigenvalue weighted by Gasteiger charge is -2.02. The van der Waals surface area contributed by atoms with Crippen LogP contribution in [0.3, 0.4) is 0 Å². The number of aromatic hydroxyl groups is 1. The maximum atomic E-state index is 11.3. The zero-order valence-corrected chi connectivity index (χ0v) is 13.3. The summed E-state index contributed by atoms with van der Waals surface area (Å²) in [5.41, 5.74) is 3.15. The molecule has 0 saturated carbocycles. The molecule has 1 heterocycles. The number of carbonyl (C=O) groups is 1. The van der Waals surface area contributed by atoms with E-state index in [1.54, 1.807) is 13.2 Å². The van der Waals surface area contributed by atoms with Crippen LogP contribution in [0.1, 0.15) is 18.1 Å². The van der Waals surface area contributed by atoms with Crippen LogP contribution in [-0.4, -0.2) is 18.0 Å². The Labute approximate surface area is 134 Å². The Morgan fingerprint density at radius 2 is 1.91 bits per heavy atom. The largest absolute Gasteiger partial charge is 0.508 e. The fourth-order valence-electron chi connectivity index (χ4n) is 2.73. The second-order valence-electron chi connectivity index (χ2n) is 5.64. The van der Waals surface area contributed by atoms with E-state index in [9.17, 15) is 9.90 Å². The Morgan fingerprint density at radius 1 is 1.22 bits per heavy atom. The van der Waals surface area contributed by atoms with E-state index in [0.717, 1.165) is 28.0 Å². The number of phenolic OH excluding ortho intramolecular Hbond substituents is 1. The zero-order valence-electron chi connectivity index (χ0n) is 13.3. The van der Waals surface area contributed by atoms with Crippen molar-refractivity contribution in [3.8, 4) is 22.8 Å². The van der Waals surface area contributed by atoms with Gasteiger partial charge in [-0.1, -0.05) is 0 Å². The number of methoxy groups -OCH3 is 1. The molecule has 0 saturated heterocycles. The summed E-state index contributed by atoms with van der Waals surface area (Å²) in [5.74, 6) is 1.63. The molecule has 0 radical (unpaired) electrons. The molecule has 0 spiro atoms. The molecule has 3 rings (SSSR count). The highest BCUT2D eigenvalue weighted by atomic mass is 16.5.